The van der Waals surface area contributed by atoms with Gasteiger partial charge in [0.15, 0.2) is 0 Å². The Labute approximate surface area is 106 Å². The number of para-hydroxylation sites is 1. The first-order valence-electron chi connectivity index (χ1n) is 5.34. The number of nitrogens with zero attached hydrogens (tertiary/aromatic N) is 1. The van der Waals surface area contributed by atoms with Crippen LogP contribution >= 0.6 is 24.0 Å². The molecular weight excluding hydrogens is 243 g/mol. The Kier molecular flexibility index (Phi) is 3.43. The molecule has 0 bridgehead atoms. The molecule has 2 nitrogen and oxygen atoms in total. The molecule has 0 unspecified atom stereocenters. The summed E-state index contributed by atoms with van der Waals surface area (Å²) in [6, 6.07) is 8.37. The molecule has 1 aromatic carbocycles. The fourth-order valence-corrected chi connectivity index (χ4v) is 2.69. The number of hydrogen-bond donors (Lipinski definition) is 1. The van der Waals surface area contributed by atoms with E-state index in [4.69, 9.17) is 11.6 Å². The first-order chi connectivity index (χ1) is 7.38. The van der Waals surface area contributed by atoms with E-state index >= 15 is 0 Å². The monoisotopic (exact) mass is 256 g/mol. The molecular formula is C12H14Cl2N2. The Hall–Kier alpha value is -0.700. The Morgan fingerprint density at radius 2 is 2.00 bits per heavy atom. The molecule has 0 spiro atoms. The lowest BCUT2D eigenvalue weighted by molar-refractivity contribution is 0.658. The predicted octanol–water partition coefficient (Wildman–Crippen LogP) is 2.86. The van der Waals surface area contributed by atoms with E-state index in [1.165, 1.54) is 16.6 Å². The number of benzene rings is 1. The zero-order valence-corrected chi connectivity index (χ0v) is 10.4. The van der Waals surface area contributed by atoms with Gasteiger partial charge in [-0.05, 0) is 6.07 Å². The second kappa shape index (κ2) is 4.66. The van der Waals surface area contributed by atoms with Gasteiger partial charge in [0.25, 0.3) is 0 Å². The van der Waals surface area contributed by atoms with Crippen LogP contribution in [0.2, 0.25) is 5.02 Å². The Bertz CT molecular complexity index is 505. The highest BCUT2D eigenvalue weighted by atomic mass is 35.5. The van der Waals surface area contributed by atoms with Crippen molar-refractivity contribution in [3.05, 3.63) is 35.0 Å². The number of halogens is 2. The second-order valence-electron chi connectivity index (χ2n) is 3.93. The topological polar surface area (TPSA) is 17.0 Å². The molecule has 16 heavy (non-hydrogen) atoms. The van der Waals surface area contributed by atoms with E-state index in [9.17, 15) is 0 Å². The molecule has 1 N–H and O–H groups in total. The third-order valence-corrected chi connectivity index (χ3v) is 3.48. The van der Waals surface area contributed by atoms with E-state index in [0.717, 1.165) is 31.1 Å². The molecule has 0 aliphatic carbocycles. The van der Waals surface area contributed by atoms with E-state index in [-0.39, 0.29) is 12.4 Å². The minimum atomic E-state index is 0. The summed E-state index contributed by atoms with van der Waals surface area (Å²) in [6.07, 6.45) is 1.02. The van der Waals surface area contributed by atoms with Gasteiger partial charge in [-0.25, -0.2) is 0 Å². The van der Waals surface area contributed by atoms with Gasteiger partial charge < -0.3 is 9.88 Å². The van der Waals surface area contributed by atoms with E-state index in [1.807, 2.05) is 6.07 Å². The largest absolute Gasteiger partial charge is 0.342 e. The van der Waals surface area contributed by atoms with Crippen LogP contribution in [0, 0.1) is 0 Å². The summed E-state index contributed by atoms with van der Waals surface area (Å²) in [5.74, 6) is 0. The van der Waals surface area contributed by atoms with E-state index in [0.29, 0.717) is 0 Å². The van der Waals surface area contributed by atoms with E-state index in [1.54, 1.807) is 0 Å². The summed E-state index contributed by atoms with van der Waals surface area (Å²) in [4.78, 5) is 0. The lowest BCUT2D eigenvalue weighted by atomic mass is 10.2. The molecule has 0 atom stereocenters. The molecule has 0 saturated carbocycles. The number of rotatable bonds is 0. The summed E-state index contributed by atoms with van der Waals surface area (Å²) < 4.78 is 2.34. The quantitative estimate of drug-likeness (QED) is 0.767. The second-order valence-corrected chi connectivity index (χ2v) is 4.31. The zero-order chi connectivity index (χ0) is 10.3. The number of fused-ring (bicyclic) bond motifs is 3. The maximum atomic E-state index is 6.40. The summed E-state index contributed by atoms with van der Waals surface area (Å²) in [5.41, 5.74) is 2.55. The van der Waals surface area contributed by atoms with Crippen LogP contribution in [0.5, 0.6) is 0 Å². The summed E-state index contributed by atoms with van der Waals surface area (Å²) in [7, 11) is 0. The SMILES string of the molecule is Cl.Clc1c2n(c3ccccc13)CCNCC2. The lowest BCUT2D eigenvalue weighted by Crippen LogP contribution is -2.17. The highest BCUT2D eigenvalue weighted by Crippen LogP contribution is 2.31. The van der Waals surface area contributed by atoms with Crippen molar-refractivity contribution in [2.24, 2.45) is 0 Å². The molecule has 1 aromatic heterocycles. The van der Waals surface area contributed by atoms with Crippen molar-refractivity contribution >= 4 is 34.9 Å². The van der Waals surface area contributed by atoms with Gasteiger partial charge in [0.05, 0.1) is 5.02 Å². The standard InChI is InChI=1S/C12H13ClN2.ClH/c13-12-9-3-1-2-4-10(9)15-8-7-14-6-5-11(12)15;/h1-4,14H,5-8H2;1H. The van der Waals surface area contributed by atoms with Crippen molar-refractivity contribution < 1.29 is 0 Å². The smallest absolute Gasteiger partial charge is 0.0694 e. The van der Waals surface area contributed by atoms with Gasteiger partial charge in [-0.15, -0.1) is 12.4 Å². The number of hydrogen-bond acceptors (Lipinski definition) is 1. The van der Waals surface area contributed by atoms with Crippen LogP contribution in [0.1, 0.15) is 5.69 Å². The Balaban J connectivity index is 0.000000963. The van der Waals surface area contributed by atoms with Gasteiger partial charge in [-0.1, -0.05) is 29.8 Å². The van der Waals surface area contributed by atoms with Crippen molar-refractivity contribution in [1.29, 1.82) is 0 Å². The maximum Gasteiger partial charge on any atom is 0.0694 e. The van der Waals surface area contributed by atoms with E-state index in [2.05, 4.69) is 28.1 Å². The molecule has 0 radical (unpaired) electrons. The Morgan fingerprint density at radius 1 is 1.19 bits per heavy atom. The molecule has 1 aliphatic rings. The van der Waals surface area contributed by atoms with Gasteiger partial charge in [-0.3, -0.25) is 0 Å². The van der Waals surface area contributed by atoms with Crippen molar-refractivity contribution in [3.8, 4) is 0 Å². The predicted molar refractivity (Wildman–Crippen MR) is 70.8 cm³/mol. The average molecular weight is 257 g/mol. The highest BCUT2D eigenvalue weighted by molar-refractivity contribution is 6.36. The molecule has 86 valence electrons. The summed E-state index contributed by atoms with van der Waals surface area (Å²) in [6.45, 7) is 3.07. The zero-order valence-electron chi connectivity index (χ0n) is 8.87. The molecule has 3 rings (SSSR count). The van der Waals surface area contributed by atoms with Gasteiger partial charge in [0.2, 0.25) is 0 Å². The van der Waals surface area contributed by atoms with Crippen LogP contribution in [0.15, 0.2) is 24.3 Å². The van der Waals surface area contributed by atoms with Gasteiger partial charge in [-0.2, -0.15) is 0 Å². The third kappa shape index (κ3) is 1.71. The lowest BCUT2D eigenvalue weighted by Gasteiger charge is -2.04. The number of nitrogens with one attached hydrogen (secondary N) is 1. The first-order valence-corrected chi connectivity index (χ1v) is 5.72. The van der Waals surface area contributed by atoms with Crippen LogP contribution < -0.4 is 5.32 Å². The molecule has 4 heteroatoms. The minimum Gasteiger partial charge on any atom is -0.342 e. The summed E-state index contributed by atoms with van der Waals surface area (Å²) in [5, 5.41) is 5.52. The van der Waals surface area contributed by atoms with Gasteiger partial charge in [0, 0.05) is 42.7 Å². The average Bonchev–Trinajstić information content (AvgIpc) is 2.48. The maximum absolute atomic E-state index is 6.40. The van der Waals surface area contributed by atoms with Crippen molar-refractivity contribution in [1.82, 2.24) is 9.88 Å². The highest BCUT2D eigenvalue weighted by Gasteiger charge is 2.16. The third-order valence-electron chi connectivity index (χ3n) is 3.06. The van der Waals surface area contributed by atoms with Crippen LogP contribution in [0.4, 0.5) is 0 Å². The molecule has 2 aromatic rings. The van der Waals surface area contributed by atoms with Gasteiger partial charge >= 0.3 is 0 Å². The van der Waals surface area contributed by atoms with Crippen molar-refractivity contribution in [2.75, 3.05) is 13.1 Å². The minimum absolute atomic E-state index is 0. The first kappa shape index (κ1) is 11.8. The molecule has 0 fully saturated rings. The van der Waals surface area contributed by atoms with Crippen molar-refractivity contribution in [3.63, 3.8) is 0 Å². The fourth-order valence-electron chi connectivity index (χ4n) is 2.34. The number of aromatic nitrogens is 1. The van der Waals surface area contributed by atoms with Gasteiger partial charge in [0.1, 0.15) is 0 Å². The normalized spacial score (nSPS) is 15.3. The van der Waals surface area contributed by atoms with Crippen LogP contribution in [-0.4, -0.2) is 17.7 Å². The fraction of sp³-hybridized carbons (Fsp3) is 0.333. The molecule has 2 heterocycles. The molecule has 0 saturated heterocycles. The van der Waals surface area contributed by atoms with Crippen molar-refractivity contribution in [2.45, 2.75) is 13.0 Å². The van der Waals surface area contributed by atoms with E-state index < -0.39 is 0 Å². The van der Waals surface area contributed by atoms with Crippen LogP contribution in [0.25, 0.3) is 10.9 Å². The summed E-state index contributed by atoms with van der Waals surface area (Å²) >= 11 is 6.40. The van der Waals surface area contributed by atoms with Crippen LogP contribution in [-0.2, 0) is 13.0 Å². The molecule has 1 aliphatic heterocycles. The Morgan fingerprint density at radius 3 is 2.88 bits per heavy atom. The molecule has 0 amide bonds. The van der Waals surface area contributed by atoms with Crippen LogP contribution in [0.3, 0.4) is 0 Å².